The molecule has 0 saturated heterocycles. The number of carboxylic acid groups (broad SMARTS) is 2. The molecule has 15 nitrogen and oxygen atoms in total. The number of nitrogens with one attached hydrogen (secondary N) is 4. The zero-order chi connectivity index (χ0) is 26.5. The number of H-pyrrole nitrogens is 1. The molecule has 4 atom stereocenters. The molecular formula is C19H29N7O8S. The van der Waals surface area contributed by atoms with E-state index in [1.165, 1.54) is 24.3 Å². The Hall–Kier alpha value is -3.66. The number of aromatic nitrogens is 2. The molecule has 1 rings (SSSR count). The van der Waals surface area contributed by atoms with Crippen LogP contribution in [0, 0.1) is 0 Å². The number of amides is 4. The molecule has 0 spiro atoms. The van der Waals surface area contributed by atoms with Crippen molar-refractivity contribution in [1.82, 2.24) is 25.9 Å². The number of hydrogen-bond acceptors (Lipinski definition) is 9. The fourth-order valence-electron chi connectivity index (χ4n) is 2.84. The summed E-state index contributed by atoms with van der Waals surface area (Å²) in [6, 6.07) is -5.60. The Morgan fingerprint density at radius 3 is 2.11 bits per heavy atom. The van der Waals surface area contributed by atoms with Crippen LogP contribution in [0.15, 0.2) is 12.5 Å². The maximum absolute atomic E-state index is 12.8. The first kappa shape index (κ1) is 29.4. The first-order chi connectivity index (χ1) is 16.4. The molecule has 0 radical (unpaired) electrons. The van der Waals surface area contributed by atoms with E-state index in [4.69, 9.17) is 16.6 Å². The third-order valence-electron chi connectivity index (χ3n) is 4.61. The lowest BCUT2D eigenvalue weighted by Gasteiger charge is -2.24. The fourth-order valence-corrected chi connectivity index (χ4v) is 3.31. The highest BCUT2D eigenvalue weighted by atomic mass is 32.2. The number of rotatable bonds is 16. The molecule has 0 aliphatic heterocycles. The van der Waals surface area contributed by atoms with Gasteiger partial charge in [0.15, 0.2) is 0 Å². The number of imidazole rings is 1. The number of carbonyl (C=O) groups is 6. The summed E-state index contributed by atoms with van der Waals surface area (Å²) in [6.07, 6.45) is 3.13. The molecule has 4 amide bonds. The summed E-state index contributed by atoms with van der Waals surface area (Å²) in [7, 11) is 0. The molecule has 4 unspecified atom stereocenters. The van der Waals surface area contributed by atoms with Gasteiger partial charge in [0.2, 0.25) is 23.6 Å². The van der Waals surface area contributed by atoms with E-state index in [0.29, 0.717) is 11.4 Å². The molecule has 0 aromatic carbocycles. The molecule has 194 valence electrons. The van der Waals surface area contributed by atoms with Gasteiger partial charge >= 0.3 is 11.9 Å². The largest absolute Gasteiger partial charge is 0.481 e. The number of aromatic amines is 1. The summed E-state index contributed by atoms with van der Waals surface area (Å²) in [5.74, 6) is -6.02. The summed E-state index contributed by atoms with van der Waals surface area (Å²) in [5, 5.41) is 25.4. The summed E-state index contributed by atoms with van der Waals surface area (Å²) < 4.78 is 0. The lowest BCUT2D eigenvalue weighted by atomic mass is 10.1. The lowest BCUT2D eigenvalue weighted by Crippen LogP contribution is -2.58. The van der Waals surface area contributed by atoms with Crippen molar-refractivity contribution in [2.24, 2.45) is 11.5 Å². The van der Waals surface area contributed by atoms with Crippen molar-refractivity contribution in [2.75, 3.05) is 12.0 Å². The van der Waals surface area contributed by atoms with Crippen LogP contribution < -0.4 is 27.4 Å². The summed E-state index contributed by atoms with van der Waals surface area (Å²) >= 11 is 1.36. The maximum Gasteiger partial charge on any atom is 0.326 e. The van der Waals surface area contributed by atoms with Crippen LogP contribution in [-0.4, -0.2) is 91.9 Å². The highest BCUT2D eigenvalue weighted by Crippen LogP contribution is 2.06. The standard InChI is InChI=1S/C19H29N7O8S/c1-35-3-2-11(17(31)26-13(19(33)34)4-9-7-22-8-23-9)24-18(32)12(6-15(28)29)25-16(30)10(20)5-14(21)27/h7-8,10-13H,2-6,20H2,1H3,(H2,21,27)(H,22,23)(H,24,32)(H,25,30)(H,26,31)(H,28,29)(H,33,34). The number of nitrogens with two attached hydrogens (primary N) is 2. The van der Waals surface area contributed by atoms with E-state index >= 15 is 0 Å². The second-order valence-corrected chi connectivity index (χ2v) is 8.44. The Bertz CT molecular complexity index is 911. The lowest BCUT2D eigenvalue weighted by molar-refractivity contribution is -0.143. The molecule has 10 N–H and O–H groups in total. The van der Waals surface area contributed by atoms with Crippen LogP contribution in [0.4, 0.5) is 0 Å². The Labute approximate surface area is 204 Å². The van der Waals surface area contributed by atoms with Gasteiger partial charge in [0, 0.05) is 18.3 Å². The van der Waals surface area contributed by atoms with E-state index in [1.54, 1.807) is 6.26 Å². The number of carbonyl (C=O) groups excluding carboxylic acids is 4. The van der Waals surface area contributed by atoms with Crippen LogP contribution in [0.2, 0.25) is 0 Å². The average Bonchev–Trinajstić information content (AvgIpc) is 3.27. The van der Waals surface area contributed by atoms with Gasteiger partial charge in [0.25, 0.3) is 0 Å². The van der Waals surface area contributed by atoms with E-state index in [9.17, 15) is 33.9 Å². The second-order valence-electron chi connectivity index (χ2n) is 7.46. The Balaban J connectivity index is 2.96. The predicted octanol–water partition coefficient (Wildman–Crippen LogP) is -3.08. The Morgan fingerprint density at radius 2 is 1.60 bits per heavy atom. The molecule has 0 fully saturated rings. The number of thioether (sulfide) groups is 1. The quantitative estimate of drug-likeness (QED) is 0.109. The number of aliphatic carboxylic acids is 2. The van der Waals surface area contributed by atoms with Gasteiger partial charge in [-0.25, -0.2) is 9.78 Å². The van der Waals surface area contributed by atoms with Gasteiger partial charge in [-0.3, -0.25) is 24.0 Å². The van der Waals surface area contributed by atoms with E-state index < -0.39 is 72.6 Å². The van der Waals surface area contributed by atoms with Crippen LogP contribution in [0.5, 0.6) is 0 Å². The molecule has 35 heavy (non-hydrogen) atoms. The Morgan fingerprint density at radius 1 is 1.00 bits per heavy atom. The number of hydrogen-bond donors (Lipinski definition) is 8. The molecule has 0 aliphatic carbocycles. The monoisotopic (exact) mass is 515 g/mol. The van der Waals surface area contributed by atoms with Crippen molar-refractivity contribution in [3.8, 4) is 0 Å². The molecule has 16 heteroatoms. The maximum atomic E-state index is 12.8. The Kier molecular flexibility index (Phi) is 12.2. The van der Waals surface area contributed by atoms with Gasteiger partial charge in [-0.15, -0.1) is 0 Å². The summed E-state index contributed by atoms with van der Waals surface area (Å²) in [5.41, 5.74) is 11.0. The molecule has 0 aliphatic rings. The molecular weight excluding hydrogens is 486 g/mol. The molecule has 1 aromatic heterocycles. The van der Waals surface area contributed by atoms with Crippen LogP contribution in [0.3, 0.4) is 0 Å². The molecule has 0 saturated carbocycles. The third-order valence-corrected chi connectivity index (χ3v) is 5.25. The number of carboxylic acids is 2. The van der Waals surface area contributed by atoms with Crippen molar-refractivity contribution >= 4 is 47.3 Å². The highest BCUT2D eigenvalue weighted by Gasteiger charge is 2.31. The first-order valence-electron chi connectivity index (χ1n) is 10.3. The molecule has 1 heterocycles. The summed E-state index contributed by atoms with van der Waals surface area (Å²) in [4.78, 5) is 78.1. The van der Waals surface area contributed by atoms with Gasteiger partial charge in [-0.1, -0.05) is 0 Å². The minimum atomic E-state index is -1.62. The van der Waals surface area contributed by atoms with Gasteiger partial charge in [0.05, 0.1) is 25.2 Å². The van der Waals surface area contributed by atoms with Crippen molar-refractivity contribution < 1.29 is 39.0 Å². The average molecular weight is 516 g/mol. The first-order valence-corrected chi connectivity index (χ1v) is 11.7. The van der Waals surface area contributed by atoms with E-state index in [1.807, 2.05) is 0 Å². The zero-order valence-electron chi connectivity index (χ0n) is 18.9. The van der Waals surface area contributed by atoms with Crippen molar-refractivity contribution in [3.63, 3.8) is 0 Å². The normalized spacial score (nSPS) is 14.1. The summed E-state index contributed by atoms with van der Waals surface area (Å²) in [6.45, 7) is 0. The predicted molar refractivity (Wildman–Crippen MR) is 123 cm³/mol. The topological polar surface area (TPSA) is 260 Å². The second kappa shape index (κ2) is 14.6. The van der Waals surface area contributed by atoms with Crippen LogP contribution in [-0.2, 0) is 35.2 Å². The zero-order valence-corrected chi connectivity index (χ0v) is 19.7. The van der Waals surface area contributed by atoms with Crippen molar-refractivity contribution in [2.45, 2.75) is 49.9 Å². The molecule has 0 bridgehead atoms. The van der Waals surface area contributed by atoms with E-state index in [0.717, 1.165) is 0 Å². The fraction of sp³-hybridized carbons (Fsp3) is 0.526. The SMILES string of the molecule is CSCCC(NC(=O)C(CC(=O)O)NC(=O)C(N)CC(N)=O)C(=O)NC(Cc1cnc[nH]1)C(=O)O. The van der Waals surface area contributed by atoms with Gasteiger partial charge < -0.3 is 42.6 Å². The van der Waals surface area contributed by atoms with Gasteiger partial charge in [-0.2, -0.15) is 11.8 Å². The highest BCUT2D eigenvalue weighted by molar-refractivity contribution is 7.98. The molecule has 1 aromatic rings. The van der Waals surface area contributed by atoms with E-state index in [2.05, 4.69) is 25.9 Å². The van der Waals surface area contributed by atoms with Crippen LogP contribution in [0.25, 0.3) is 0 Å². The van der Waals surface area contributed by atoms with Crippen LogP contribution in [0.1, 0.15) is 25.0 Å². The van der Waals surface area contributed by atoms with Crippen LogP contribution >= 0.6 is 11.8 Å². The van der Waals surface area contributed by atoms with E-state index in [-0.39, 0.29) is 12.8 Å². The smallest absolute Gasteiger partial charge is 0.326 e. The van der Waals surface area contributed by atoms with Crippen molar-refractivity contribution in [1.29, 1.82) is 0 Å². The number of primary amides is 1. The minimum absolute atomic E-state index is 0.0874. The minimum Gasteiger partial charge on any atom is -0.481 e. The number of nitrogens with zero attached hydrogens (tertiary/aromatic N) is 1. The van der Waals surface area contributed by atoms with Gasteiger partial charge in [0.1, 0.15) is 18.1 Å². The van der Waals surface area contributed by atoms with Gasteiger partial charge in [-0.05, 0) is 18.4 Å². The third kappa shape index (κ3) is 10.9. The van der Waals surface area contributed by atoms with Crippen molar-refractivity contribution in [3.05, 3.63) is 18.2 Å².